The maximum Gasteiger partial charge on any atom is 0.472 e. The highest BCUT2D eigenvalue weighted by Gasteiger charge is 2.26. The minimum atomic E-state index is -4.39. The molecule has 0 aliphatic heterocycles. The monoisotopic (exact) mass is 1140 g/mol. The zero-order valence-electron chi connectivity index (χ0n) is 52.9. The molecule has 0 saturated carbocycles. The van der Waals surface area contributed by atoms with Gasteiger partial charge < -0.3 is 20.1 Å². The van der Waals surface area contributed by atoms with Crippen molar-refractivity contribution in [2.24, 2.45) is 5.73 Å². The van der Waals surface area contributed by atoms with E-state index in [2.05, 4.69) is 26.0 Å². The summed E-state index contributed by atoms with van der Waals surface area (Å²) in [4.78, 5) is 35.2. The summed E-state index contributed by atoms with van der Waals surface area (Å²) in [6.07, 6.45) is 79.1. The van der Waals surface area contributed by atoms with Crippen LogP contribution in [0.5, 0.6) is 0 Å². The van der Waals surface area contributed by atoms with Crippen molar-refractivity contribution in [3.8, 4) is 0 Å². The first kappa shape index (κ1) is 77.8. The highest BCUT2D eigenvalue weighted by atomic mass is 31.2. The van der Waals surface area contributed by atoms with Crippen LogP contribution in [0.2, 0.25) is 0 Å². The van der Waals surface area contributed by atoms with Crippen LogP contribution in [-0.2, 0) is 32.7 Å². The third-order valence-electron chi connectivity index (χ3n) is 16.2. The van der Waals surface area contributed by atoms with Crippen molar-refractivity contribution in [1.82, 2.24) is 0 Å². The molecule has 0 spiro atoms. The van der Waals surface area contributed by atoms with Gasteiger partial charge in [0.25, 0.3) is 0 Å². The van der Waals surface area contributed by atoms with Crippen LogP contribution in [0.1, 0.15) is 386 Å². The Labute approximate surface area is 491 Å². The second kappa shape index (κ2) is 65.9. The standard InChI is InChI=1S/C69H136NO8P/c1-3-5-7-9-11-13-15-17-19-21-22-23-24-25-26-27-28-29-30-31-32-33-34-35-36-37-38-39-40-41-42-43-44-46-47-49-51-53-55-57-59-61-68(71)75-65-67(66-77-79(73,74)76-64-63-70)78-69(72)62-60-58-56-54-52-50-48-45-20-18-16-14-12-10-8-6-4-2/h18,20,67H,3-17,19,21-66,70H2,1-2H3,(H,73,74)/b20-18-. The lowest BCUT2D eigenvalue weighted by Crippen LogP contribution is -2.29. The van der Waals surface area contributed by atoms with E-state index in [9.17, 15) is 19.0 Å². The highest BCUT2D eigenvalue weighted by molar-refractivity contribution is 7.47. The number of allylic oxidation sites excluding steroid dienone is 2. The van der Waals surface area contributed by atoms with Gasteiger partial charge in [-0.2, -0.15) is 0 Å². The molecular weight excluding hydrogens is 1000 g/mol. The lowest BCUT2D eigenvalue weighted by molar-refractivity contribution is -0.161. The topological polar surface area (TPSA) is 134 Å². The molecule has 3 N–H and O–H groups in total. The smallest absolute Gasteiger partial charge is 0.462 e. The Balaban J connectivity index is 3.68. The number of rotatable bonds is 68. The van der Waals surface area contributed by atoms with E-state index in [1.807, 2.05) is 0 Å². The van der Waals surface area contributed by atoms with Crippen LogP contribution in [0.15, 0.2) is 12.2 Å². The fourth-order valence-electron chi connectivity index (χ4n) is 10.9. The molecule has 0 aliphatic rings. The minimum Gasteiger partial charge on any atom is -0.462 e. The number of esters is 2. The van der Waals surface area contributed by atoms with E-state index in [0.29, 0.717) is 6.42 Å². The van der Waals surface area contributed by atoms with Crippen LogP contribution in [0.25, 0.3) is 0 Å². The number of phosphoric ester groups is 1. The van der Waals surface area contributed by atoms with Crippen molar-refractivity contribution in [2.45, 2.75) is 392 Å². The van der Waals surface area contributed by atoms with Gasteiger partial charge in [0.1, 0.15) is 6.61 Å². The van der Waals surface area contributed by atoms with E-state index in [4.69, 9.17) is 24.3 Å². The third kappa shape index (κ3) is 65.8. The average Bonchev–Trinajstić information content (AvgIpc) is 3.44. The molecule has 0 rings (SSSR count). The van der Waals surface area contributed by atoms with Gasteiger partial charge in [-0.25, -0.2) is 4.57 Å². The summed E-state index contributed by atoms with van der Waals surface area (Å²) in [5, 5.41) is 0. The number of unbranched alkanes of at least 4 members (excludes halogenated alkanes) is 53. The Kier molecular flexibility index (Phi) is 64.9. The zero-order chi connectivity index (χ0) is 57.3. The molecule has 0 bridgehead atoms. The first-order chi connectivity index (χ1) is 38.8. The van der Waals surface area contributed by atoms with Gasteiger partial charge in [-0.05, 0) is 38.5 Å². The SMILES string of the molecule is CCCCCCCC/C=C\CCCCCCCCCC(=O)OC(COC(=O)CCCCCCCCCCCCCCCCCCCCCCCCCCCCCCCCCCCCCCCCCCC)COP(=O)(O)OCCN. The number of hydrogen-bond acceptors (Lipinski definition) is 8. The molecule has 2 unspecified atom stereocenters. The van der Waals surface area contributed by atoms with Crippen LogP contribution >= 0.6 is 7.82 Å². The van der Waals surface area contributed by atoms with Gasteiger partial charge in [0.2, 0.25) is 0 Å². The Bertz CT molecular complexity index is 1300. The summed E-state index contributed by atoms with van der Waals surface area (Å²) in [7, 11) is -4.39. The maximum atomic E-state index is 12.7. The van der Waals surface area contributed by atoms with E-state index in [-0.39, 0.29) is 38.6 Å². The number of carbonyl (C=O) groups is 2. The quantitative estimate of drug-likeness (QED) is 0.0264. The minimum absolute atomic E-state index is 0.0560. The number of nitrogens with two attached hydrogens (primary N) is 1. The molecule has 0 radical (unpaired) electrons. The van der Waals surface area contributed by atoms with Gasteiger partial charge in [-0.1, -0.05) is 347 Å². The molecular formula is C69H136NO8P. The van der Waals surface area contributed by atoms with Gasteiger partial charge in [0.05, 0.1) is 13.2 Å². The first-order valence-electron chi connectivity index (χ1n) is 35.2. The van der Waals surface area contributed by atoms with E-state index in [0.717, 1.165) is 44.9 Å². The molecule has 0 fully saturated rings. The van der Waals surface area contributed by atoms with Crippen LogP contribution in [0, 0.1) is 0 Å². The lowest BCUT2D eigenvalue weighted by atomic mass is 10.0. The van der Waals surface area contributed by atoms with Crippen molar-refractivity contribution in [1.29, 1.82) is 0 Å². The number of hydrogen-bond donors (Lipinski definition) is 2. The molecule has 0 saturated heterocycles. The number of ether oxygens (including phenoxy) is 2. The number of carbonyl (C=O) groups excluding carboxylic acids is 2. The van der Waals surface area contributed by atoms with E-state index >= 15 is 0 Å². The molecule has 470 valence electrons. The average molecular weight is 1140 g/mol. The van der Waals surface area contributed by atoms with Crippen molar-refractivity contribution >= 4 is 19.8 Å². The first-order valence-corrected chi connectivity index (χ1v) is 36.7. The predicted molar refractivity (Wildman–Crippen MR) is 340 cm³/mol. The summed E-state index contributed by atoms with van der Waals surface area (Å²) in [5.41, 5.74) is 5.39. The van der Waals surface area contributed by atoms with Gasteiger partial charge in [-0.15, -0.1) is 0 Å². The molecule has 79 heavy (non-hydrogen) atoms. The second-order valence-electron chi connectivity index (χ2n) is 24.1. The Morgan fingerprint density at radius 1 is 0.367 bits per heavy atom. The van der Waals surface area contributed by atoms with E-state index < -0.39 is 26.5 Å². The fourth-order valence-corrected chi connectivity index (χ4v) is 11.7. The van der Waals surface area contributed by atoms with Gasteiger partial charge in [0.15, 0.2) is 6.10 Å². The summed E-state index contributed by atoms with van der Waals surface area (Å²) in [6, 6.07) is 0. The molecule has 10 heteroatoms. The molecule has 0 aliphatic carbocycles. The van der Waals surface area contributed by atoms with Crippen molar-refractivity contribution in [3.63, 3.8) is 0 Å². The lowest BCUT2D eigenvalue weighted by Gasteiger charge is -2.19. The molecule has 0 aromatic rings. The van der Waals surface area contributed by atoms with Crippen molar-refractivity contribution < 1.29 is 37.6 Å². The van der Waals surface area contributed by atoms with Crippen LogP contribution in [0.4, 0.5) is 0 Å². The highest BCUT2D eigenvalue weighted by Crippen LogP contribution is 2.43. The van der Waals surface area contributed by atoms with Crippen molar-refractivity contribution in [3.05, 3.63) is 12.2 Å². The zero-order valence-corrected chi connectivity index (χ0v) is 53.8. The molecule has 0 heterocycles. The van der Waals surface area contributed by atoms with Gasteiger partial charge in [-0.3, -0.25) is 18.6 Å². The van der Waals surface area contributed by atoms with Crippen LogP contribution in [-0.4, -0.2) is 49.3 Å². The van der Waals surface area contributed by atoms with E-state index in [1.54, 1.807) is 0 Å². The maximum absolute atomic E-state index is 12.7. The molecule has 2 atom stereocenters. The summed E-state index contributed by atoms with van der Waals surface area (Å²) >= 11 is 0. The predicted octanol–water partition coefficient (Wildman–Crippen LogP) is 22.8. The summed E-state index contributed by atoms with van der Waals surface area (Å²) < 4.78 is 33.1. The van der Waals surface area contributed by atoms with E-state index in [1.165, 1.54) is 308 Å². The van der Waals surface area contributed by atoms with Crippen molar-refractivity contribution in [2.75, 3.05) is 26.4 Å². The van der Waals surface area contributed by atoms with Gasteiger partial charge in [0, 0.05) is 19.4 Å². The number of phosphoric acid groups is 1. The second-order valence-corrected chi connectivity index (χ2v) is 25.6. The molecule has 0 aromatic heterocycles. The largest absolute Gasteiger partial charge is 0.472 e. The molecule has 0 aromatic carbocycles. The summed E-state index contributed by atoms with van der Waals surface area (Å²) in [6.45, 7) is 3.81. The molecule has 9 nitrogen and oxygen atoms in total. The Morgan fingerprint density at radius 2 is 0.620 bits per heavy atom. The van der Waals surface area contributed by atoms with Crippen LogP contribution < -0.4 is 5.73 Å². The normalized spacial score (nSPS) is 12.9. The summed E-state index contributed by atoms with van der Waals surface area (Å²) in [5.74, 6) is -0.811. The Morgan fingerprint density at radius 3 is 0.899 bits per heavy atom. The fraction of sp³-hybridized carbons (Fsp3) is 0.942. The van der Waals surface area contributed by atoms with Crippen LogP contribution in [0.3, 0.4) is 0 Å². The molecule has 0 amide bonds. The Hall–Kier alpha value is -1.25. The third-order valence-corrected chi connectivity index (χ3v) is 17.1. The van der Waals surface area contributed by atoms with Gasteiger partial charge >= 0.3 is 19.8 Å².